The van der Waals surface area contributed by atoms with Crippen molar-refractivity contribution in [3.8, 4) is 28.3 Å². The van der Waals surface area contributed by atoms with E-state index in [1.54, 1.807) is 12.1 Å². The van der Waals surface area contributed by atoms with Crippen LogP contribution in [0.15, 0.2) is 175 Å². The second-order valence-electron chi connectivity index (χ2n) is 13.9. The molecule has 12 rings (SSSR count). The van der Waals surface area contributed by atoms with Crippen LogP contribution in [0.2, 0.25) is 0 Å². The molecule has 1 N–H and O–H groups in total. The van der Waals surface area contributed by atoms with Gasteiger partial charge in [0.2, 0.25) is 0 Å². The fourth-order valence-corrected chi connectivity index (χ4v) is 8.35. The second-order valence-corrected chi connectivity index (χ2v) is 13.9. The molecule has 0 aliphatic carbocycles. The molecule has 0 spiro atoms. The molecule has 7 nitrogen and oxygen atoms in total. The Morgan fingerprint density at radius 1 is 0.421 bits per heavy atom. The van der Waals surface area contributed by atoms with Gasteiger partial charge in [0.1, 0.15) is 44.7 Å². The third-order valence-electron chi connectivity index (χ3n) is 10.8. The third kappa shape index (κ3) is 4.88. The van der Waals surface area contributed by atoms with Gasteiger partial charge in [-0.25, -0.2) is 4.79 Å². The van der Waals surface area contributed by atoms with Crippen LogP contribution in [0.3, 0.4) is 0 Å². The zero-order chi connectivity index (χ0) is 38.2. The molecule has 0 unspecified atom stereocenters. The number of aromatic carboxylic acids is 1. The summed E-state index contributed by atoms with van der Waals surface area (Å²) < 4.78 is 24.5. The average molecular weight is 738 g/mol. The molecule has 0 bridgehead atoms. The summed E-state index contributed by atoms with van der Waals surface area (Å²) in [5.41, 5.74) is 9.98. The number of para-hydroxylation sites is 6. The number of furan rings is 4. The summed E-state index contributed by atoms with van der Waals surface area (Å²) in [5, 5.41) is 27.5. The molecule has 0 aliphatic heterocycles. The molecule has 0 saturated heterocycles. The summed E-state index contributed by atoms with van der Waals surface area (Å²) in [6, 6.07) is 52.7. The van der Waals surface area contributed by atoms with Crippen LogP contribution in [0.25, 0.3) is 110 Å². The van der Waals surface area contributed by atoms with E-state index in [-0.39, 0.29) is 5.56 Å². The molecular formula is C50H27NO6. The van der Waals surface area contributed by atoms with Crippen LogP contribution in [0, 0.1) is 11.3 Å². The average Bonchev–Trinajstić information content (AvgIpc) is 4.03. The van der Waals surface area contributed by atoms with Crippen molar-refractivity contribution < 1.29 is 27.6 Å². The fourth-order valence-electron chi connectivity index (χ4n) is 8.35. The topological polar surface area (TPSA) is 114 Å². The SMILES string of the molecule is N#Cc1ccc2oc3ccccc3c2c1-c1cccc2c1oc1ccccc12.O=C(O)c1ccc2oc3ccccc3c2c1-c1cccc2c1oc1ccccc12. The number of carbonyl (C=O) groups is 1. The number of hydrogen-bond donors (Lipinski definition) is 1. The molecule has 0 atom stereocenters. The Kier molecular flexibility index (Phi) is 7.09. The summed E-state index contributed by atoms with van der Waals surface area (Å²) in [7, 11) is 0. The minimum atomic E-state index is -0.986. The Balaban J connectivity index is 0.000000131. The number of carboxylic acid groups (broad SMARTS) is 1. The van der Waals surface area contributed by atoms with Gasteiger partial charge >= 0.3 is 5.97 Å². The van der Waals surface area contributed by atoms with Crippen molar-refractivity contribution in [1.82, 2.24) is 0 Å². The van der Waals surface area contributed by atoms with Crippen molar-refractivity contribution >= 4 is 93.7 Å². The largest absolute Gasteiger partial charge is 0.478 e. The Labute approximate surface area is 322 Å². The number of nitriles is 1. The van der Waals surface area contributed by atoms with Gasteiger partial charge in [0.05, 0.1) is 17.2 Å². The van der Waals surface area contributed by atoms with Gasteiger partial charge in [-0.05, 0) is 48.5 Å². The highest BCUT2D eigenvalue weighted by Crippen LogP contribution is 2.45. The molecule has 12 aromatic rings. The number of fused-ring (bicyclic) bond motifs is 12. The normalized spacial score (nSPS) is 11.6. The highest BCUT2D eigenvalue weighted by Gasteiger charge is 2.24. The number of rotatable bonds is 3. The number of carboxylic acids is 1. The lowest BCUT2D eigenvalue weighted by Crippen LogP contribution is -2.00. The van der Waals surface area contributed by atoms with Crippen LogP contribution < -0.4 is 0 Å². The van der Waals surface area contributed by atoms with Crippen LogP contribution in [0.4, 0.5) is 0 Å². The van der Waals surface area contributed by atoms with Crippen molar-refractivity contribution in [3.63, 3.8) is 0 Å². The molecule has 8 aromatic carbocycles. The lowest BCUT2D eigenvalue weighted by molar-refractivity contribution is 0.0698. The standard InChI is InChI=1S/C25H13NO2.C25H14O4/c26-14-15-12-13-22-24(18-7-2-4-11-21(18)27-22)23(15)19-9-5-8-17-16-6-1-3-10-20(16)28-25(17)19;26-25(27)18-12-13-21-23(16-7-2-4-11-20(16)28-21)22(18)17-9-5-8-15-14-6-1-3-10-19(14)29-24(15)17/h1-13H;1-13H,(H,26,27). The molecule has 0 aliphatic rings. The van der Waals surface area contributed by atoms with E-state index in [2.05, 4.69) is 18.2 Å². The van der Waals surface area contributed by atoms with Crippen LogP contribution >= 0.6 is 0 Å². The monoisotopic (exact) mass is 737 g/mol. The predicted molar refractivity (Wildman–Crippen MR) is 225 cm³/mol. The van der Waals surface area contributed by atoms with Crippen LogP contribution in [-0.2, 0) is 0 Å². The number of benzene rings is 8. The van der Waals surface area contributed by atoms with Gasteiger partial charge in [-0.1, -0.05) is 109 Å². The first-order valence-corrected chi connectivity index (χ1v) is 18.4. The molecular weight excluding hydrogens is 711 g/mol. The smallest absolute Gasteiger partial charge is 0.336 e. The first kappa shape index (κ1) is 32.4. The van der Waals surface area contributed by atoms with Crippen molar-refractivity contribution in [3.05, 3.63) is 169 Å². The van der Waals surface area contributed by atoms with Gasteiger partial charge in [0.25, 0.3) is 0 Å². The fraction of sp³-hybridized carbons (Fsp3) is 0. The highest BCUT2D eigenvalue weighted by molar-refractivity contribution is 6.21. The maximum atomic E-state index is 12.1. The maximum absolute atomic E-state index is 12.1. The summed E-state index contributed by atoms with van der Waals surface area (Å²) >= 11 is 0. The van der Waals surface area contributed by atoms with E-state index in [1.165, 1.54) is 0 Å². The van der Waals surface area contributed by atoms with Gasteiger partial charge in [-0.2, -0.15) is 5.26 Å². The van der Waals surface area contributed by atoms with E-state index < -0.39 is 5.97 Å². The van der Waals surface area contributed by atoms with E-state index in [4.69, 9.17) is 17.7 Å². The molecule has 0 amide bonds. The molecule has 0 saturated carbocycles. The van der Waals surface area contributed by atoms with E-state index in [1.807, 2.05) is 133 Å². The highest BCUT2D eigenvalue weighted by atomic mass is 16.4. The lowest BCUT2D eigenvalue weighted by atomic mass is 9.93. The summed E-state index contributed by atoms with van der Waals surface area (Å²) in [5.74, 6) is -0.986. The Bertz CT molecular complexity index is 3640. The zero-order valence-corrected chi connectivity index (χ0v) is 29.9. The summed E-state index contributed by atoms with van der Waals surface area (Å²) in [6.45, 7) is 0. The number of hydrogen-bond acceptors (Lipinski definition) is 6. The van der Waals surface area contributed by atoms with Gasteiger partial charge in [-0.3, -0.25) is 0 Å². The zero-order valence-electron chi connectivity index (χ0n) is 29.9. The third-order valence-corrected chi connectivity index (χ3v) is 10.8. The molecule has 4 aromatic heterocycles. The van der Waals surface area contributed by atoms with E-state index in [9.17, 15) is 15.2 Å². The Hall–Kier alpha value is -8.08. The molecule has 57 heavy (non-hydrogen) atoms. The molecule has 0 fully saturated rings. The van der Waals surface area contributed by atoms with E-state index in [0.717, 1.165) is 93.3 Å². The van der Waals surface area contributed by atoms with Gasteiger partial charge < -0.3 is 22.8 Å². The lowest BCUT2D eigenvalue weighted by Gasteiger charge is -2.09. The first-order valence-electron chi connectivity index (χ1n) is 18.4. The predicted octanol–water partition coefficient (Wildman–Crippen LogP) is 13.9. The van der Waals surface area contributed by atoms with E-state index >= 15 is 0 Å². The van der Waals surface area contributed by atoms with Crippen molar-refractivity contribution in [2.75, 3.05) is 0 Å². The number of nitrogens with zero attached hydrogens (tertiary/aromatic N) is 1. The van der Waals surface area contributed by atoms with Gasteiger partial charge in [0.15, 0.2) is 0 Å². The molecule has 7 heteroatoms. The Morgan fingerprint density at radius 2 is 0.842 bits per heavy atom. The quantitative estimate of drug-likeness (QED) is 0.192. The van der Waals surface area contributed by atoms with E-state index in [0.29, 0.717) is 22.3 Å². The molecule has 268 valence electrons. The summed E-state index contributed by atoms with van der Waals surface area (Å²) in [6.07, 6.45) is 0. The van der Waals surface area contributed by atoms with Gasteiger partial charge in [-0.15, -0.1) is 0 Å². The first-order chi connectivity index (χ1) is 28.1. The Morgan fingerprint density at radius 3 is 1.35 bits per heavy atom. The minimum Gasteiger partial charge on any atom is -0.478 e. The van der Waals surface area contributed by atoms with Gasteiger partial charge in [0, 0.05) is 65.3 Å². The van der Waals surface area contributed by atoms with Crippen LogP contribution in [0.1, 0.15) is 15.9 Å². The maximum Gasteiger partial charge on any atom is 0.336 e. The van der Waals surface area contributed by atoms with Crippen LogP contribution in [-0.4, -0.2) is 11.1 Å². The van der Waals surface area contributed by atoms with Crippen molar-refractivity contribution in [2.45, 2.75) is 0 Å². The molecule has 4 heterocycles. The summed E-state index contributed by atoms with van der Waals surface area (Å²) in [4.78, 5) is 12.1. The second kappa shape index (κ2) is 12.5. The van der Waals surface area contributed by atoms with Crippen molar-refractivity contribution in [2.24, 2.45) is 0 Å². The molecule has 0 radical (unpaired) electrons. The van der Waals surface area contributed by atoms with Crippen molar-refractivity contribution in [1.29, 1.82) is 5.26 Å². The minimum absolute atomic E-state index is 0.219. The van der Waals surface area contributed by atoms with Crippen LogP contribution in [0.5, 0.6) is 0 Å².